The predicted molar refractivity (Wildman–Crippen MR) is 232 cm³/mol. The molecule has 0 saturated heterocycles. The first-order valence-electron chi connectivity index (χ1n) is 18.9. The molecule has 7 rings (SSSR count). The molecule has 0 N–H and O–H groups in total. The molecular formula is C51H57Cl3Zr-2. The molecule has 55 heavy (non-hydrogen) atoms. The Labute approximate surface area is 364 Å². The van der Waals surface area contributed by atoms with Crippen LogP contribution in [-0.2, 0) is 45.9 Å². The topological polar surface area (TPSA) is 0 Å². The van der Waals surface area contributed by atoms with Gasteiger partial charge in [-0.05, 0) is 21.7 Å². The van der Waals surface area contributed by atoms with Crippen LogP contribution < -0.4 is 24.8 Å². The van der Waals surface area contributed by atoms with E-state index in [1.807, 2.05) is 24.3 Å². The molecule has 1 aliphatic rings. The Morgan fingerprint density at radius 2 is 1.04 bits per heavy atom. The first-order valence-corrected chi connectivity index (χ1v) is 20.5. The average Bonchev–Trinajstić information content (AvgIpc) is 3.78. The van der Waals surface area contributed by atoms with Gasteiger partial charge in [0.25, 0.3) is 0 Å². The molecular weight excluding hydrogens is 810 g/mol. The van der Waals surface area contributed by atoms with Crippen molar-refractivity contribution in [1.82, 2.24) is 0 Å². The number of hydrogen-bond donors (Lipinski definition) is 0. The largest absolute Gasteiger partial charge is 1.00 e. The quantitative estimate of drug-likeness (QED) is 0.153. The van der Waals surface area contributed by atoms with E-state index in [4.69, 9.17) is 11.6 Å². The van der Waals surface area contributed by atoms with Crippen LogP contribution in [0.15, 0.2) is 115 Å². The van der Waals surface area contributed by atoms with E-state index in [2.05, 4.69) is 180 Å². The summed E-state index contributed by atoms with van der Waals surface area (Å²) >= 11 is 7.37. The summed E-state index contributed by atoms with van der Waals surface area (Å²) < 4.78 is 1.36. The molecule has 4 heteroatoms. The van der Waals surface area contributed by atoms with Gasteiger partial charge in [-0.2, -0.15) is 6.08 Å². The Kier molecular flexibility index (Phi) is 15.5. The first kappa shape index (κ1) is 46.7. The van der Waals surface area contributed by atoms with Crippen molar-refractivity contribution in [3.05, 3.63) is 160 Å². The zero-order chi connectivity index (χ0) is 38.9. The van der Waals surface area contributed by atoms with Crippen LogP contribution in [0.1, 0.15) is 123 Å². The molecule has 0 fully saturated rings. The van der Waals surface area contributed by atoms with Crippen molar-refractivity contribution < 1.29 is 49.0 Å². The van der Waals surface area contributed by atoms with Gasteiger partial charge < -0.3 is 24.8 Å². The zero-order valence-corrected chi connectivity index (χ0v) is 39.5. The molecule has 0 atom stereocenters. The van der Waals surface area contributed by atoms with E-state index in [0.717, 1.165) is 11.4 Å². The SMILES string of the molecule is CC(C)(C)c1cc2[cH-]c3cc(C(C)(C)C)c(C(C)(C)C)cc3c2cc1C(C)(C)C.Clc1ccc([C](=[Zr+2])c2cccc3ccccc23)cc1.[C-]1=CC=CC1.[Cl-].[Cl-]. The summed E-state index contributed by atoms with van der Waals surface area (Å²) in [6.07, 6.45) is 10.0. The monoisotopic (exact) mass is 864 g/mol. The van der Waals surface area contributed by atoms with E-state index >= 15 is 0 Å². The van der Waals surface area contributed by atoms with E-state index in [0.29, 0.717) is 0 Å². The smallest absolute Gasteiger partial charge is 0.109 e. The number of fused-ring (bicyclic) bond motifs is 4. The van der Waals surface area contributed by atoms with Gasteiger partial charge in [0, 0.05) is 0 Å². The standard InChI is InChI=1S/C29H41.C17H11Cl.C5H5.2ClH.Zr/c1-26(2,3)22-14-18-13-19-15-23(27(4,5)6)25(29(10,11)12)17-21(19)20(18)16-24(22)28(7,8)9;18-16-10-8-13(9-11-16)12-15-6-3-5-14-4-1-2-7-17(14)15;1-2-4-5-3-1;;;/h13-17H,1-12H3;1-11H;1-3H,4H2;2*1H;/q-1;;-1;;;+2/p-2. The van der Waals surface area contributed by atoms with E-state index in [1.165, 1.54) is 93.1 Å². The fraction of sp³-hybridized carbons (Fsp3) is 0.333. The van der Waals surface area contributed by atoms with Crippen molar-refractivity contribution in [1.29, 1.82) is 0 Å². The van der Waals surface area contributed by atoms with Gasteiger partial charge in [0.15, 0.2) is 0 Å². The fourth-order valence-electron chi connectivity index (χ4n) is 7.14. The van der Waals surface area contributed by atoms with Crippen molar-refractivity contribution in [2.75, 3.05) is 0 Å². The van der Waals surface area contributed by atoms with Gasteiger partial charge in [-0.1, -0.05) is 117 Å². The van der Waals surface area contributed by atoms with Crippen molar-refractivity contribution >= 4 is 47.1 Å². The van der Waals surface area contributed by atoms with Gasteiger partial charge in [0.05, 0.1) is 0 Å². The third-order valence-corrected chi connectivity index (χ3v) is 11.6. The summed E-state index contributed by atoms with van der Waals surface area (Å²) in [6, 6.07) is 35.4. The molecule has 0 heterocycles. The Morgan fingerprint density at radius 3 is 1.45 bits per heavy atom. The van der Waals surface area contributed by atoms with Crippen LogP contribution in [-0.4, -0.2) is 3.21 Å². The Morgan fingerprint density at radius 1 is 0.582 bits per heavy atom. The Hall–Kier alpha value is -2.67. The molecule has 0 aliphatic heterocycles. The van der Waals surface area contributed by atoms with E-state index in [9.17, 15) is 0 Å². The summed E-state index contributed by atoms with van der Waals surface area (Å²) in [6.45, 7) is 28.0. The molecule has 1 aliphatic carbocycles. The second kappa shape index (κ2) is 18.3. The van der Waals surface area contributed by atoms with Gasteiger partial charge in [-0.15, -0.1) is 46.2 Å². The van der Waals surface area contributed by atoms with E-state index in [1.54, 1.807) is 0 Å². The summed E-state index contributed by atoms with van der Waals surface area (Å²) in [5.41, 5.74) is 8.97. The normalized spacial score (nSPS) is 12.8. The zero-order valence-electron chi connectivity index (χ0n) is 34.8. The van der Waals surface area contributed by atoms with Gasteiger partial charge in [0.1, 0.15) is 0 Å². The molecule has 0 nitrogen and oxygen atoms in total. The van der Waals surface area contributed by atoms with Crippen LogP contribution in [0.25, 0.3) is 32.3 Å². The number of hydrogen-bond acceptors (Lipinski definition) is 0. The molecule has 0 unspecified atom stereocenters. The maximum atomic E-state index is 5.96. The minimum absolute atomic E-state index is 0. The van der Waals surface area contributed by atoms with Gasteiger partial charge >= 0.3 is 133 Å². The second-order valence-corrected chi connectivity index (χ2v) is 20.2. The number of allylic oxidation sites excluding steroid dienone is 4. The van der Waals surface area contributed by atoms with E-state index < -0.39 is 0 Å². The van der Waals surface area contributed by atoms with Crippen LogP contribution >= 0.6 is 11.6 Å². The summed E-state index contributed by atoms with van der Waals surface area (Å²) in [4.78, 5) is 0. The minimum atomic E-state index is 0. The molecule has 0 bridgehead atoms. The van der Waals surface area contributed by atoms with Crippen LogP contribution in [0.5, 0.6) is 0 Å². The van der Waals surface area contributed by atoms with Crippen LogP contribution in [0.4, 0.5) is 0 Å². The summed E-state index contributed by atoms with van der Waals surface area (Å²) in [7, 11) is 0. The van der Waals surface area contributed by atoms with Crippen molar-refractivity contribution in [2.45, 2.75) is 111 Å². The van der Waals surface area contributed by atoms with Crippen LogP contribution in [0.2, 0.25) is 5.02 Å². The van der Waals surface area contributed by atoms with Crippen LogP contribution in [0.3, 0.4) is 0 Å². The Balaban J connectivity index is 0.000000267. The predicted octanol–water partition coefficient (Wildman–Crippen LogP) is 8.82. The average molecular weight is 868 g/mol. The summed E-state index contributed by atoms with van der Waals surface area (Å²) in [5.74, 6) is 0. The molecule has 288 valence electrons. The molecule has 6 aromatic carbocycles. The van der Waals surface area contributed by atoms with Gasteiger partial charge in [0.2, 0.25) is 0 Å². The molecule has 0 amide bonds. The van der Waals surface area contributed by atoms with Crippen LogP contribution in [0, 0.1) is 6.08 Å². The number of benzene rings is 5. The maximum absolute atomic E-state index is 5.96. The molecule has 0 radical (unpaired) electrons. The van der Waals surface area contributed by atoms with Gasteiger partial charge in [-0.3, -0.25) is 6.08 Å². The van der Waals surface area contributed by atoms with Crippen molar-refractivity contribution in [3.63, 3.8) is 0 Å². The summed E-state index contributed by atoms with van der Waals surface area (Å²) in [5, 5.41) is 8.95. The van der Waals surface area contributed by atoms with Crippen molar-refractivity contribution in [3.8, 4) is 0 Å². The Bertz CT molecular complexity index is 2200. The third-order valence-electron chi connectivity index (χ3n) is 9.99. The third kappa shape index (κ3) is 11.3. The first-order chi connectivity index (χ1) is 24.7. The number of rotatable bonds is 2. The molecule has 0 aromatic heterocycles. The maximum Gasteiger partial charge on any atom is -0.109 e. The molecule has 6 aromatic rings. The van der Waals surface area contributed by atoms with E-state index in [-0.39, 0.29) is 46.5 Å². The minimum Gasteiger partial charge on any atom is -1.00 e. The van der Waals surface area contributed by atoms with Crippen molar-refractivity contribution in [2.24, 2.45) is 0 Å². The molecule has 0 spiro atoms. The fourth-order valence-corrected chi connectivity index (χ4v) is 8.21. The van der Waals surface area contributed by atoms with Gasteiger partial charge in [-0.25, -0.2) is 12.2 Å². The second-order valence-electron chi connectivity index (χ2n) is 18.5. The number of halogens is 3. The molecule has 0 saturated carbocycles.